The largest absolute Gasteiger partial charge is 0.493 e. The van der Waals surface area contributed by atoms with Crippen molar-refractivity contribution in [2.45, 2.75) is 26.2 Å². The van der Waals surface area contributed by atoms with Gasteiger partial charge in [-0.1, -0.05) is 0 Å². The zero-order chi connectivity index (χ0) is 12.6. The molecule has 1 aromatic carbocycles. The monoisotopic (exact) mass is 238 g/mol. The van der Waals surface area contributed by atoms with Gasteiger partial charge in [0.15, 0.2) is 0 Å². The first-order chi connectivity index (χ1) is 7.93. The molecular weight excluding hydrogens is 223 g/mol. The van der Waals surface area contributed by atoms with Crippen molar-refractivity contribution in [3.8, 4) is 5.75 Å². The van der Waals surface area contributed by atoms with Crippen molar-refractivity contribution in [1.82, 2.24) is 0 Å². The standard InChI is InChI=1S/C13H15FO3/c1-13(2,12(15)16)10-5-6-17-11-4-3-8(14)7-9(10)11/h3-4,7,10H,5-6H2,1-2H3,(H,15,16). The molecule has 1 heterocycles. The molecular formula is C13H15FO3. The molecule has 4 heteroatoms. The van der Waals surface area contributed by atoms with Gasteiger partial charge in [0.2, 0.25) is 0 Å². The first-order valence-electron chi connectivity index (χ1n) is 5.58. The number of fused-ring (bicyclic) bond motifs is 1. The summed E-state index contributed by atoms with van der Waals surface area (Å²) in [7, 11) is 0. The van der Waals surface area contributed by atoms with Gasteiger partial charge in [-0.05, 0) is 38.5 Å². The van der Waals surface area contributed by atoms with Gasteiger partial charge >= 0.3 is 5.97 Å². The highest BCUT2D eigenvalue weighted by Gasteiger charge is 2.40. The fraction of sp³-hybridized carbons (Fsp3) is 0.462. The van der Waals surface area contributed by atoms with Gasteiger partial charge in [0.1, 0.15) is 11.6 Å². The molecule has 1 N–H and O–H groups in total. The molecule has 1 aliphatic heterocycles. The number of hydrogen-bond acceptors (Lipinski definition) is 2. The van der Waals surface area contributed by atoms with Gasteiger partial charge in [-0.3, -0.25) is 4.79 Å². The van der Waals surface area contributed by atoms with Crippen LogP contribution in [0.25, 0.3) is 0 Å². The first kappa shape index (κ1) is 11.9. The second kappa shape index (κ2) is 4.02. The summed E-state index contributed by atoms with van der Waals surface area (Å²) in [6.07, 6.45) is 0.593. The summed E-state index contributed by atoms with van der Waals surface area (Å²) in [5.74, 6) is -0.864. The molecule has 0 amide bonds. The van der Waals surface area contributed by atoms with E-state index in [9.17, 15) is 14.3 Å². The quantitative estimate of drug-likeness (QED) is 0.861. The third-order valence-corrected chi connectivity index (χ3v) is 3.43. The van der Waals surface area contributed by atoms with Crippen LogP contribution in [0.1, 0.15) is 31.7 Å². The normalized spacial score (nSPS) is 19.4. The van der Waals surface area contributed by atoms with E-state index >= 15 is 0 Å². The minimum Gasteiger partial charge on any atom is -0.493 e. The number of aliphatic carboxylic acids is 1. The maximum absolute atomic E-state index is 13.3. The molecule has 0 aliphatic carbocycles. The van der Waals surface area contributed by atoms with Crippen LogP contribution in [0.15, 0.2) is 18.2 Å². The Balaban J connectivity index is 2.47. The minimum absolute atomic E-state index is 0.223. The van der Waals surface area contributed by atoms with Crippen molar-refractivity contribution in [1.29, 1.82) is 0 Å². The van der Waals surface area contributed by atoms with E-state index in [1.165, 1.54) is 12.1 Å². The van der Waals surface area contributed by atoms with Crippen molar-refractivity contribution in [3.63, 3.8) is 0 Å². The Morgan fingerprint density at radius 2 is 2.24 bits per heavy atom. The predicted molar refractivity (Wildman–Crippen MR) is 60.7 cm³/mol. The lowest BCUT2D eigenvalue weighted by atomic mass is 9.72. The van der Waals surface area contributed by atoms with Crippen molar-refractivity contribution < 1.29 is 19.0 Å². The van der Waals surface area contributed by atoms with Crippen molar-refractivity contribution in [2.24, 2.45) is 5.41 Å². The van der Waals surface area contributed by atoms with Crippen molar-refractivity contribution >= 4 is 5.97 Å². The summed E-state index contributed by atoms with van der Waals surface area (Å²) in [4.78, 5) is 11.3. The van der Waals surface area contributed by atoms with Crippen LogP contribution >= 0.6 is 0 Å². The molecule has 1 atom stereocenters. The predicted octanol–water partition coefficient (Wildman–Crippen LogP) is 2.80. The maximum atomic E-state index is 13.3. The molecule has 1 aromatic rings. The topological polar surface area (TPSA) is 46.5 Å². The lowest BCUT2D eigenvalue weighted by Gasteiger charge is -2.35. The van der Waals surface area contributed by atoms with Crippen molar-refractivity contribution in [2.75, 3.05) is 6.61 Å². The number of rotatable bonds is 2. The van der Waals surface area contributed by atoms with E-state index in [4.69, 9.17) is 4.74 Å². The number of hydrogen-bond donors (Lipinski definition) is 1. The average Bonchev–Trinajstić information content (AvgIpc) is 2.27. The SMILES string of the molecule is CC(C)(C(=O)O)C1CCOc2ccc(F)cc21. The summed E-state index contributed by atoms with van der Waals surface area (Å²) in [5.41, 5.74) is -0.268. The van der Waals surface area contributed by atoms with Gasteiger partial charge in [0.05, 0.1) is 12.0 Å². The number of halogens is 1. The summed E-state index contributed by atoms with van der Waals surface area (Å²) in [5, 5.41) is 9.25. The highest BCUT2D eigenvalue weighted by molar-refractivity contribution is 5.75. The summed E-state index contributed by atoms with van der Waals surface area (Å²) >= 11 is 0. The molecule has 0 fully saturated rings. The first-order valence-corrected chi connectivity index (χ1v) is 5.58. The molecule has 92 valence electrons. The Labute approximate surface area is 99.2 Å². The number of carboxylic acid groups (broad SMARTS) is 1. The van der Waals surface area contributed by atoms with Crippen LogP contribution in [-0.2, 0) is 4.79 Å². The van der Waals surface area contributed by atoms with E-state index in [0.29, 0.717) is 24.3 Å². The molecule has 2 rings (SSSR count). The van der Waals surface area contributed by atoms with Crippen LogP contribution in [0.2, 0.25) is 0 Å². The van der Waals surface area contributed by atoms with E-state index < -0.39 is 11.4 Å². The van der Waals surface area contributed by atoms with Crippen molar-refractivity contribution in [3.05, 3.63) is 29.6 Å². The van der Waals surface area contributed by atoms with E-state index in [0.717, 1.165) is 0 Å². The van der Waals surface area contributed by atoms with Gasteiger partial charge in [0, 0.05) is 11.5 Å². The molecule has 3 nitrogen and oxygen atoms in total. The highest BCUT2D eigenvalue weighted by atomic mass is 19.1. The van der Waals surface area contributed by atoms with Crippen LogP contribution < -0.4 is 4.74 Å². The minimum atomic E-state index is -0.924. The van der Waals surface area contributed by atoms with Gasteiger partial charge in [-0.25, -0.2) is 4.39 Å². The van der Waals surface area contributed by atoms with Gasteiger partial charge < -0.3 is 9.84 Å². The van der Waals surface area contributed by atoms with Gasteiger partial charge in [-0.15, -0.1) is 0 Å². The fourth-order valence-corrected chi connectivity index (χ4v) is 2.26. The average molecular weight is 238 g/mol. The molecule has 1 unspecified atom stereocenters. The van der Waals surface area contributed by atoms with Crippen LogP contribution in [0.5, 0.6) is 5.75 Å². The number of benzene rings is 1. The number of ether oxygens (including phenoxy) is 1. The summed E-state index contributed by atoms with van der Waals surface area (Å²) in [6.45, 7) is 3.81. The number of carboxylic acids is 1. The molecule has 0 saturated carbocycles. The Morgan fingerprint density at radius 3 is 2.88 bits per heavy atom. The lowest BCUT2D eigenvalue weighted by Crippen LogP contribution is -2.34. The molecule has 0 spiro atoms. The van der Waals surface area contributed by atoms with Crippen LogP contribution in [0.3, 0.4) is 0 Å². The van der Waals surface area contributed by atoms with E-state index in [1.54, 1.807) is 19.9 Å². The molecule has 1 aliphatic rings. The molecule has 0 radical (unpaired) electrons. The van der Waals surface area contributed by atoms with Crippen LogP contribution in [0, 0.1) is 11.2 Å². The van der Waals surface area contributed by atoms with Crippen LogP contribution in [-0.4, -0.2) is 17.7 Å². The number of carbonyl (C=O) groups is 1. The second-order valence-corrected chi connectivity index (χ2v) is 4.90. The Hall–Kier alpha value is -1.58. The van der Waals surface area contributed by atoms with E-state index in [1.807, 2.05) is 0 Å². The smallest absolute Gasteiger partial charge is 0.309 e. The van der Waals surface area contributed by atoms with Gasteiger partial charge in [-0.2, -0.15) is 0 Å². The molecule has 0 aromatic heterocycles. The fourth-order valence-electron chi connectivity index (χ4n) is 2.26. The van der Waals surface area contributed by atoms with Gasteiger partial charge in [0.25, 0.3) is 0 Å². The van der Waals surface area contributed by atoms with E-state index in [2.05, 4.69) is 0 Å². The third kappa shape index (κ3) is 1.99. The summed E-state index contributed by atoms with van der Waals surface area (Å²) < 4.78 is 18.7. The zero-order valence-electron chi connectivity index (χ0n) is 9.87. The highest BCUT2D eigenvalue weighted by Crippen LogP contribution is 2.44. The molecule has 0 bridgehead atoms. The summed E-state index contributed by atoms with van der Waals surface area (Å²) in [6, 6.07) is 4.27. The van der Waals surface area contributed by atoms with E-state index in [-0.39, 0.29) is 11.7 Å². The third-order valence-electron chi connectivity index (χ3n) is 3.43. The lowest BCUT2D eigenvalue weighted by molar-refractivity contribution is -0.148. The zero-order valence-corrected chi connectivity index (χ0v) is 9.87. The molecule has 0 saturated heterocycles. The van der Waals surface area contributed by atoms with Crippen LogP contribution in [0.4, 0.5) is 4.39 Å². The second-order valence-electron chi connectivity index (χ2n) is 4.90. The maximum Gasteiger partial charge on any atom is 0.309 e. The Kier molecular flexibility index (Phi) is 2.81. The Morgan fingerprint density at radius 1 is 1.53 bits per heavy atom. The Bertz CT molecular complexity index is 454. The molecule has 17 heavy (non-hydrogen) atoms.